The van der Waals surface area contributed by atoms with Crippen molar-refractivity contribution in [3.05, 3.63) is 194 Å². The average Bonchev–Trinajstić information content (AvgIpc) is 3.25. The predicted octanol–water partition coefficient (Wildman–Crippen LogP) is 12.2. The molecular weight excluding hydrogens is 767 g/mol. The van der Waals surface area contributed by atoms with Crippen LogP contribution < -0.4 is 19.1 Å². The first-order chi connectivity index (χ1) is 29.1. The van der Waals surface area contributed by atoms with Crippen molar-refractivity contribution < 1.29 is 38.5 Å². The second-order valence-corrected chi connectivity index (χ2v) is 14.1. The van der Waals surface area contributed by atoms with Crippen molar-refractivity contribution in [2.75, 3.05) is 4.90 Å². The number of hydrogen-bond donors (Lipinski definition) is 1. The quantitative estimate of drug-likeness (QED) is 0.0690. The van der Waals surface area contributed by atoms with Gasteiger partial charge in [-0.15, -0.1) is 0 Å². The van der Waals surface area contributed by atoms with Crippen molar-refractivity contribution in [3.63, 3.8) is 0 Å². The van der Waals surface area contributed by atoms with Crippen LogP contribution in [0.25, 0.3) is 33.4 Å². The molecule has 0 radical (unpaired) electrons. The topological polar surface area (TPSA) is 119 Å². The van der Waals surface area contributed by atoms with E-state index in [2.05, 4.69) is 104 Å². The summed E-state index contributed by atoms with van der Waals surface area (Å²) in [4.78, 5) is 47.6. The molecule has 0 atom stereocenters. The third-order valence-electron chi connectivity index (χ3n) is 8.98. The van der Waals surface area contributed by atoms with Gasteiger partial charge in [0, 0.05) is 39.4 Å². The van der Waals surface area contributed by atoms with Gasteiger partial charge in [0.15, 0.2) is 0 Å². The average molecular weight is 812 g/mol. The molecule has 0 aromatic heterocycles. The van der Waals surface area contributed by atoms with E-state index in [0.29, 0.717) is 34.0 Å². The summed E-state index contributed by atoms with van der Waals surface area (Å²) in [7, 11) is 0. The summed E-state index contributed by atoms with van der Waals surface area (Å²) in [5.74, 6) is -0.955. The Labute approximate surface area is 355 Å². The van der Waals surface area contributed by atoms with Crippen LogP contribution in [-0.4, -0.2) is 29.0 Å². The van der Waals surface area contributed by atoms with Crippen LogP contribution in [0.5, 0.6) is 17.2 Å². The lowest BCUT2D eigenvalue weighted by Gasteiger charge is -2.26. The Morgan fingerprint density at radius 1 is 0.361 bits per heavy atom. The number of hydrogen-bond acceptors (Lipinski definition) is 8. The first kappa shape index (κ1) is 44.1. The van der Waals surface area contributed by atoms with Crippen molar-refractivity contribution >= 4 is 40.9 Å². The Morgan fingerprint density at radius 3 is 0.705 bits per heavy atom. The van der Waals surface area contributed by atoms with E-state index in [-0.39, 0.29) is 5.57 Å². The van der Waals surface area contributed by atoms with Crippen molar-refractivity contribution in [3.8, 4) is 50.6 Å². The summed E-state index contributed by atoms with van der Waals surface area (Å²) < 4.78 is 16.1. The smallest absolute Gasteiger partial charge is 0.338 e. The minimum absolute atomic E-state index is 0.176. The molecule has 0 saturated carbocycles. The molecule has 6 rings (SSSR count). The molecule has 6 aromatic rings. The summed E-state index contributed by atoms with van der Waals surface area (Å²) in [5, 5.41) is 7.89. The Kier molecular flexibility index (Phi) is 14.5. The number of carbonyl (C=O) groups is 4. The molecule has 0 heterocycles. The predicted molar refractivity (Wildman–Crippen MR) is 241 cm³/mol. The van der Waals surface area contributed by atoms with Gasteiger partial charge < -0.3 is 24.2 Å². The van der Waals surface area contributed by atoms with Gasteiger partial charge in [0.1, 0.15) is 17.2 Å². The number of carboxylic acid groups (broad SMARTS) is 1. The number of carbonyl (C=O) groups excluding carboxylic acids is 3. The molecule has 0 unspecified atom stereocenters. The molecular formula is C52H45NO8. The highest BCUT2D eigenvalue weighted by Crippen LogP contribution is 2.38. The minimum atomic E-state index is -0.935. The van der Waals surface area contributed by atoms with Gasteiger partial charge in [-0.2, -0.15) is 0 Å². The van der Waals surface area contributed by atoms with E-state index in [4.69, 9.17) is 19.3 Å². The number of anilines is 3. The molecule has 0 spiro atoms. The highest BCUT2D eigenvalue weighted by atomic mass is 16.5. The molecule has 1 N–H and O–H groups in total. The summed E-state index contributed by atoms with van der Waals surface area (Å²) in [6, 6.07) is 46.9. The number of ether oxygens (including phenoxy) is 3. The third-order valence-corrected chi connectivity index (χ3v) is 8.98. The van der Waals surface area contributed by atoms with Crippen LogP contribution in [0, 0.1) is 0 Å². The first-order valence-electron chi connectivity index (χ1n) is 19.0. The van der Waals surface area contributed by atoms with Crippen LogP contribution in [0.2, 0.25) is 0 Å². The van der Waals surface area contributed by atoms with Crippen LogP contribution >= 0.6 is 0 Å². The molecule has 0 aliphatic rings. The molecule has 9 nitrogen and oxygen atoms in total. The largest absolute Gasteiger partial charge is 0.478 e. The molecule has 9 heteroatoms. The monoisotopic (exact) mass is 811 g/mol. The molecule has 0 saturated heterocycles. The Morgan fingerprint density at radius 2 is 0.541 bits per heavy atom. The van der Waals surface area contributed by atoms with Gasteiger partial charge in [0.25, 0.3) is 0 Å². The fourth-order valence-corrected chi connectivity index (χ4v) is 5.58. The molecule has 0 amide bonds. The molecule has 61 heavy (non-hydrogen) atoms. The van der Waals surface area contributed by atoms with Gasteiger partial charge in [-0.3, -0.25) is 0 Å². The standard InChI is InChI=1S/C48H39NO6.C4H6O2/c1-31(2)46(50)53-43-25-13-37(14-26-43)34-7-19-40(20-8-34)49(41-21-9-35(10-22-41)38-15-27-44(28-16-38)54-47(51)32(3)4)42-23-11-36(12-24-42)39-17-29-45(30-18-39)55-48(52)33(5)6;1-3(2)4(5)6/h7-30H,1,3,5H2,2,4,6H3;1H2,2H3,(H,5,6). The van der Waals surface area contributed by atoms with E-state index >= 15 is 0 Å². The van der Waals surface area contributed by atoms with Crippen LogP contribution in [0.3, 0.4) is 0 Å². The summed E-state index contributed by atoms with van der Waals surface area (Å²) in [5.41, 5.74) is 9.96. The fraction of sp³-hybridized carbons (Fsp3) is 0.0769. The SMILES string of the molecule is C=C(C)C(=O)O.C=C(C)C(=O)Oc1ccc(-c2ccc(N(c3ccc(-c4ccc(OC(=O)C(=C)C)cc4)cc3)c3ccc(-c4ccc(OC(=O)C(=C)C)cc4)cc3)cc2)cc1. The zero-order valence-electron chi connectivity index (χ0n) is 34.4. The number of aliphatic carboxylic acids is 1. The fourth-order valence-electron chi connectivity index (χ4n) is 5.58. The van der Waals surface area contributed by atoms with E-state index in [1.165, 1.54) is 6.92 Å². The maximum atomic E-state index is 11.9. The Bertz CT molecular complexity index is 2300. The van der Waals surface area contributed by atoms with Crippen molar-refractivity contribution in [1.82, 2.24) is 0 Å². The maximum absolute atomic E-state index is 11.9. The van der Waals surface area contributed by atoms with Crippen molar-refractivity contribution in [2.24, 2.45) is 0 Å². The summed E-state index contributed by atoms with van der Waals surface area (Å²) in [6.45, 7) is 20.4. The summed E-state index contributed by atoms with van der Waals surface area (Å²) >= 11 is 0. The highest BCUT2D eigenvalue weighted by molar-refractivity contribution is 5.90. The van der Waals surface area contributed by atoms with Crippen molar-refractivity contribution in [2.45, 2.75) is 27.7 Å². The van der Waals surface area contributed by atoms with E-state index in [9.17, 15) is 19.2 Å². The first-order valence-corrected chi connectivity index (χ1v) is 19.0. The van der Waals surface area contributed by atoms with Gasteiger partial charge in [-0.05, 0) is 134 Å². The number of esters is 3. The molecule has 0 aliphatic carbocycles. The normalized spacial score (nSPS) is 10.2. The van der Waals surface area contributed by atoms with Crippen LogP contribution in [0.4, 0.5) is 17.1 Å². The lowest BCUT2D eigenvalue weighted by atomic mass is 10.0. The van der Waals surface area contributed by atoms with E-state index in [1.54, 1.807) is 57.2 Å². The third kappa shape index (κ3) is 12.0. The van der Waals surface area contributed by atoms with Crippen LogP contribution in [0.1, 0.15) is 27.7 Å². The molecule has 0 aliphatic heterocycles. The number of nitrogens with zero attached hydrogens (tertiary/aromatic N) is 1. The zero-order valence-corrected chi connectivity index (χ0v) is 34.4. The second-order valence-electron chi connectivity index (χ2n) is 14.1. The van der Waals surface area contributed by atoms with Gasteiger partial charge in [0.05, 0.1) is 0 Å². The van der Waals surface area contributed by atoms with Gasteiger partial charge >= 0.3 is 23.9 Å². The van der Waals surface area contributed by atoms with Gasteiger partial charge in [-0.25, -0.2) is 19.2 Å². The Hall–Kier alpha value is -8.04. The Balaban J connectivity index is 0.00000109. The van der Waals surface area contributed by atoms with E-state index < -0.39 is 23.9 Å². The van der Waals surface area contributed by atoms with Crippen LogP contribution in [0.15, 0.2) is 194 Å². The highest BCUT2D eigenvalue weighted by Gasteiger charge is 2.15. The number of benzene rings is 6. The van der Waals surface area contributed by atoms with Gasteiger partial charge in [-0.1, -0.05) is 99.1 Å². The summed E-state index contributed by atoms with van der Waals surface area (Å²) in [6.07, 6.45) is 0. The maximum Gasteiger partial charge on any atom is 0.338 e. The minimum Gasteiger partial charge on any atom is -0.478 e. The van der Waals surface area contributed by atoms with E-state index in [0.717, 1.165) is 50.4 Å². The lowest BCUT2D eigenvalue weighted by Crippen LogP contribution is -2.10. The van der Waals surface area contributed by atoms with Crippen molar-refractivity contribution in [1.29, 1.82) is 0 Å². The van der Waals surface area contributed by atoms with Gasteiger partial charge in [0.2, 0.25) is 0 Å². The molecule has 0 bridgehead atoms. The zero-order chi connectivity index (χ0) is 44.2. The number of carboxylic acids is 1. The molecule has 0 fully saturated rings. The number of rotatable bonds is 13. The van der Waals surface area contributed by atoms with E-state index in [1.807, 2.05) is 36.4 Å². The lowest BCUT2D eigenvalue weighted by molar-refractivity contribution is -0.133. The van der Waals surface area contributed by atoms with Crippen LogP contribution in [-0.2, 0) is 19.2 Å². The molecule has 306 valence electrons. The molecule has 6 aromatic carbocycles. The second kappa shape index (κ2) is 20.1.